The molecule has 0 saturated carbocycles. The van der Waals surface area contributed by atoms with Crippen molar-refractivity contribution in [2.75, 3.05) is 6.61 Å². The van der Waals surface area contributed by atoms with Crippen molar-refractivity contribution in [3.63, 3.8) is 0 Å². The van der Waals surface area contributed by atoms with Gasteiger partial charge in [0.2, 0.25) is 0 Å². The normalized spacial score (nSPS) is 13.7. The van der Waals surface area contributed by atoms with Crippen LogP contribution in [-0.4, -0.2) is 18.4 Å². The summed E-state index contributed by atoms with van der Waals surface area (Å²) in [5.74, 6) is -2.51. The van der Waals surface area contributed by atoms with Gasteiger partial charge >= 0.3 is 5.97 Å². The molecule has 18 heavy (non-hydrogen) atoms. The van der Waals surface area contributed by atoms with E-state index in [4.69, 9.17) is 4.74 Å². The van der Waals surface area contributed by atoms with Gasteiger partial charge in [-0.3, -0.25) is 9.59 Å². The molecule has 0 aromatic heterocycles. The fourth-order valence-corrected chi connectivity index (χ4v) is 1.45. The number of carbonyl (C=O) groups excluding carboxylic acids is 2. The van der Waals surface area contributed by atoms with E-state index in [2.05, 4.69) is 0 Å². The number of ketones is 1. The standard InChI is InChI=1S/C14H17FO3/c1-3-9-18-14(17)10(2)13(16)12(15)11-7-5-4-6-8-11/h4-8,10,12H,3,9H2,1-2H3. The first-order valence-electron chi connectivity index (χ1n) is 5.97. The second kappa shape index (κ2) is 6.89. The van der Waals surface area contributed by atoms with Crippen LogP contribution in [0.5, 0.6) is 0 Å². The molecule has 98 valence electrons. The number of ether oxygens (including phenoxy) is 1. The molecule has 0 amide bonds. The van der Waals surface area contributed by atoms with Crippen LogP contribution in [0.1, 0.15) is 32.0 Å². The molecule has 4 heteroatoms. The molecule has 2 unspecified atom stereocenters. The maximum Gasteiger partial charge on any atom is 0.316 e. The number of halogens is 1. The minimum Gasteiger partial charge on any atom is -0.465 e. The Morgan fingerprint density at radius 2 is 1.89 bits per heavy atom. The van der Waals surface area contributed by atoms with Crippen molar-refractivity contribution in [3.05, 3.63) is 35.9 Å². The number of esters is 1. The van der Waals surface area contributed by atoms with Gasteiger partial charge < -0.3 is 4.74 Å². The second-order valence-electron chi connectivity index (χ2n) is 4.06. The van der Waals surface area contributed by atoms with Crippen LogP contribution in [0.15, 0.2) is 30.3 Å². The lowest BCUT2D eigenvalue weighted by Crippen LogP contribution is -2.26. The molecule has 3 nitrogen and oxygen atoms in total. The lowest BCUT2D eigenvalue weighted by molar-refractivity contribution is -0.152. The summed E-state index contributed by atoms with van der Waals surface area (Å²) in [5.41, 5.74) is 0.262. The quantitative estimate of drug-likeness (QED) is 0.577. The summed E-state index contributed by atoms with van der Waals surface area (Å²) in [4.78, 5) is 23.2. The lowest BCUT2D eigenvalue weighted by Gasteiger charge is -2.13. The summed E-state index contributed by atoms with van der Waals surface area (Å²) < 4.78 is 18.7. The van der Waals surface area contributed by atoms with Crippen molar-refractivity contribution in [2.24, 2.45) is 5.92 Å². The van der Waals surface area contributed by atoms with E-state index in [9.17, 15) is 14.0 Å². The number of carbonyl (C=O) groups is 2. The highest BCUT2D eigenvalue weighted by Gasteiger charge is 2.30. The molecule has 0 aliphatic heterocycles. The molecular weight excluding hydrogens is 235 g/mol. The zero-order chi connectivity index (χ0) is 13.5. The van der Waals surface area contributed by atoms with Crippen molar-refractivity contribution < 1.29 is 18.7 Å². The molecule has 0 fully saturated rings. The second-order valence-corrected chi connectivity index (χ2v) is 4.06. The first-order valence-corrected chi connectivity index (χ1v) is 5.97. The lowest BCUT2D eigenvalue weighted by atomic mass is 9.98. The molecule has 1 rings (SSSR count). The van der Waals surface area contributed by atoms with Gasteiger partial charge in [-0.25, -0.2) is 4.39 Å². The Morgan fingerprint density at radius 3 is 2.44 bits per heavy atom. The highest BCUT2D eigenvalue weighted by Crippen LogP contribution is 2.22. The predicted octanol–water partition coefficient (Wildman–Crippen LogP) is 2.86. The Hall–Kier alpha value is -1.71. The van der Waals surface area contributed by atoms with Crippen molar-refractivity contribution >= 4 is 11.8 Å². The zero-order valence-electron chi connectivity index (χ0n) is 10.6. The molecule has 0 heterocycles. The van der Waals surface area contributed by atoms with E-state index in [1.165, 1.54) is 19.1 Å². The van der Waals surface area contributed by atoms with Crippen LogP contribution >= 0.6 is 0 Å². The summed E-state index contributed by atoms with van der Waals surface area (Å²) in [7, 11) is 0. The molecule has 0 aliphatic rings. The van der Waals surface area contributed by atoms with Gasteiger partial charge in [-0.1, -0.05) is 37.3 Å². The molecule has 0 bridgehead atoms. The summed E-state index contributed by atoms with van der Waals surface area (Å²) in [6.07, 6.45) is -1.11. The van der Waals surface area contributed by atoms with Gasteiger partial charge in [0.1, 0.15) is 5.92 Å². The first-order chi connectivity index (χ1) is 8.57. The fourth-order valence-electron chi connectivity index (χ4n) is 1.45. The largest absolute Gasteiger partial charge is 0.465 e. The van der Waals surface area contributed by atoms with E-state index in [0.717, 1.165) is 0 Å². The predicted molar refractivity (Wildman–Crippen MR) is 65.7 cm³/mol. The minimum atomic E-state index is -1.78. The Balaban J connectivity index is 2.66. The van der Waals surface area contributed by atoms with Crippen LogP contribution in [-0.2, 0) is 14.3 Å². The minimum absolute atomic E-state index is 0.249. The van der Waals surface area contributed by atoms with Crippen LogP contribution in [0.3, 0.4) is 0 Å². The summed E-state index contributed by atoms with van der Waals surface area (Å²) in [6, 6.07) is 8.07. The molecule has 0 N–H and O–H groups in total. The smallest absolute Gasteiger partial charge is 0.316 e. The Bertz CT molecular complexity index is 403. The molecule has 1 aromatic carbocycles. The van der Waals surface area contributed by atoms with Crippen LogP contribution in [0.2, 0.25) is 0 Å². The maximum atomic E-state index is 13.9. The summed E-state index contributed by atoms with van der Waals surface area (Å²) in [5, 5.41) is 0. The number of hydrogen-bond donors (Lipinski definition) is 0. The van der Waals surface area contributed by atoms with Gasteiger partial charge in [0.05, 0.1) is 6.61 Å². The molecule has 0 saturated heterocycles. The van der Waals surface area contributed by atoms with E-state index in [1.807, 2.05) is 6.92 Å². The zero-order valence-corrected chi connectivity index (χ0v) is 10.6. The van der Waals surface area contributed by atoms with E-state index in [0.29, 0.717) is 6.42 Å². The van der Waals surface area contributed by atoms with Gasteiger partial charge in [-0.15, -0.1) is 0 Å². The average Bonchev–Trinajstić information content (AvgIpc) is 2.43. The van der Waals surface area contributed by atoms with Crippen LogP contribution < -0.4 is 0 Å². The van der Waals surface area contributed by atoms with Crippen molar-refractivity contribution in [2.45, 2.75) is 26.4 Å². The third-order valence-electron chi connectivity index (χ3n) is 2.57. The highest BCUT2D eigenvalue weighted by molar-refractivity contribution is 6.01. The van der Waals surface area contributed by atoms with Crippen molar-refractivity contribution in [1.29, 1.82) is 0 Å². The van der Waals surface area contributed by atoms with Crippen LogP contribution in [0, 0.1) is 5.92 Å². The third-order valence-corrected chi connectivity index (χ3v) is 2.57. The molecule has 0 spiro atoms. The number of rotatable bonds is 6. The molecular formula is C14H17FO3. The van der Waals surface area contributed by atoms with Gasteiger partial charge in [0.15, 0.2) is 12.0 Å². The SMILES string of the molecule is CCCOC(=O)C(C)C(=O)C(F)c1ccccc1. The van der Waals surface area contributed by atoms with Crippen molar-refractivity contribution in [1.82, 2.24) is 0 Å². The number of benzene rings is 1. The first kappa shape index (κ1) is 14.4. The van der Waals surface area contributed by atoms with Crippen LogP contribution in [0.4, 0.5) is 4.39 Å². The molecule has 1 aromatic rings. The maximum absolute atomic E-state index is 13.9. The van der Waals surface area contributed by atoms with Crippen molar-refractivity contribution in [3.8, 4) is 0 Å². The fraction of sp³-hybridized carbons (Fsp3) is 0.429. The van der Waals surface area contributed by atoms with Gasteiger partial charge in [0.25, 0.3) is 0 Å². The number of Topliss-reactive ketones (excluding diaryl/α,β-unsaturated/α-hetero) is 1. The number of hydrogen-bond acceptors (Lipinski definition) is 3. The van der Waals surface area contributed by atoms with E-state index < -0.39 is 23.8 Å². The topological polar surface area (TPSA) is 43.4 Å². The number of alkyl halides is 1. The van der Waals surface area contributed by atoms with Gasteiger partial charge in [-0.2, -0.15) is 0 Å². The Morgan fingerprint density at radius 1 is 1.28 bits per heavy atom. The highest BCUT2D eigenvalue weighted by atomic mass is 19.1. The summed E-state index contributed by atoms with van der Waals surface area (Å²) >= 11 is 0. The van der Waals surface area contributed by atoms with Crippen LogP contribution in [0.25, 0.3) is 0 Å². The Kier molecular flexibility index (Phi) is 5.49. The van der Waals surface area contributed by atoms with E-state index in [1.54, 1.807) is 18.2 Å². The third kappa shape index (κ3) is 3.65. The molecule has 0 aliphatic carbocycles. The average molecular weight is 252 g/mol. The molecule has 2 atom stereocenters. The summed E-state index contributed by atoms with van der Waals surface area (Å²) in [6.45, 7) is 3.47. The molecule has 0 radical (unpaired) electrons. The monoisotopic (exact) mass is 252 g/mol. The van der Waals surface area contributed by atoms with E-state index >= 15 is 0 Å². The Labute approximate surface area is 106 Å². The van der Waals surface area contributed by atoms with Gasteiger partial charge in [-0.05, 0) is 18.9 Å². The van der Waals surface area contributed by atoms with E-state index in [-0.39, 0.29) is 12.2 Å². The van der Waals surface area contributed by atoms with Gasteiger partial charge in [0, 0.05) is 0 Å².